The van der Waals surface area contributed by atoms with E-state index in [0.717, 1.165) is 72.3 Å². The molecule has 5 nitrogen and oxygen atoms in total. The summed E-state index contributed by atoms with van der Waals surface area (Å²) >= 11 is 0. The first-order valence-corrected chi connectivity index (χ1v) is 23.7. The molecule has 67 heavy (non-hydrogen) atoms. The minimum absolute atomic E-state index is 0.0271. The van der Waals surface area contributed by atoms with Crippen LogP contribution in [-0.4, -0.2) is 16.2 Å². The number of hydrogen-bond donors (Lipinski definition) is 0. The molecule has 0 bridgehead atoms. The third-order valence-electron chi connectivity index (χ3n) is 13.3. The Morgan fingerprint density at radius 2 is 1.12 bits per heavy atom. The minimum atomic E-state index is -2.31. The number of fused-ring (bicyclic) bond motifs is 3. The van der Waals surface area contributed by atoms with E-state index < -0.39 is 6.85 Å². The average molecular weight is 888 g/mol. The van der Waals surface area contributed by atoms with Gasteiger partial charge >= 0.3 is 0 Å². The van der Waals surface area contributed by atoms with Gasteiger partial charge in [-0.1, -0.05) is 150 Å². The first kappa shape index (κ1) is 41.8. The normalized spacial score (nSPS) is 14.6. The molecule has 1 aliphatic rings. The van der Waals surface area contributed by atoms with E-state index in [9.17, 15) is 0 Å². The summed E-state index contributed by atoms with van der Waals surface area (Å²) in [5.74, 6) is 2.13. The van der Waals surface area contributed by atoms with E-state index in [4.69, 9.17) is 13.8 Å². The van der Waals surface area contributed by atoms with Crippen molar-refractivity contribution in [3.05, 3.63) is 185 Å². The Hall–Kier alpha value is -6.59. The lowest BCUT2D eigenvalue weighted by Crippen LogP contribution is -2.28. The van der Waals surface area contributed by atoms with Crippen LogP contribution in [0.4, 0.5) is 11.4 Å². The van der Waals surface area contributed by atoms with Gasteiger partial charge in [0.1, 0.15) is 17.3 Å². The smallest absolute Gasteiger partial charge is 0.138 e. The van der Waals surface area contributed by atoms with Gasteiger partial charge in [-0.3, -0.25) is 4.57 Å². The van der Waals surface area contributed by atoms with Crippen molar-refractivity contribution in [2.24, 2.45) is 0 Å². The van der Waals surface area contributed by atoms with Gasteiger partial charge in [0.25, 0.3) is 0 Å². The molecule has 0 N–H and O–H groups in total. The zero-order valence-corrected chi connectivity index (χ0v) is 41.8. The van der Waals surface area contributed by atoms with Crippen LogP contribution in [0.3, 0.4) is 0 Å². The van der Waals surface area contributed by atoms with Crippen LogP contribution in [0.5, 0.6) is 11.5 Å². The first-order valence-electron chi connectivity index (χ1n) is 25.2. The largest absolute Gasteiger partial charge is 0.457 e. The molecular formula is C62H68N4O. The predicted octanol–water partition coefficient (Wildman–Crippen LogP) is 16.7. The van der Waals surface area contributed by atoms with Crippen LogP contribution in [0.2, 0.25) is 0 Å². The Labute approximate surface area is 404 Å². The van der Waals surface area contributed by atoms with Gasteiger partial charge in [-0.15, -0.1) is 0 Å². The molecule has 0 amide bonds. The molecule has 342 valence electrons. The molecule has 0 radical (unpaired) electrons. The third-order valence-corrected chi connectivity index (χ3v) is 13.3. The number of ether oxygens (including phenoxy) is 1. The molecule has 2 aromatic heterocycles. The Morgan fingerprint density at radius 1 is 0.522 bits per heavy atom. The summed E-state index contributed by atoms with van der Waals surface area (Å²) in [6.07, 6.45) is 4.07. The number of benzene rings is 6. The van der Waals surface area contributed by atoms with Gasteiger partial charge in [0, 0.05) is 50.8 Å². The van der Waals surface area contributed by atoms with Crippen molar-refractivity contribution < 1.29 is 8.85 Å². The van der Waals surface area contributed by atoms with Gasteiger partial charge in [0.15, 0.2) is 0 Å². The molecule has 3 heterocycles. The number of nitrogens with zero attached hydrogens (tertiary/aromatic N) is 4. The number of aromatic nitrogens is 2. The fraction of sp³-hybridized carbons (Fsp3) is 0.306. The van der Waals surface area contributed by atoms with Crippen molar-refractivity contribution in [2.75, 3.05) is 16.5 Å². The van der Waals surface area contributed by atoms with Gasteiger partial charge in [-0.05, 0) is 140 Å². The van der Waals surface area contributed by atoms with Crippen molar-refractivity contribution in [3.8, 4) is 28.4 Å². The monoisotopic (exact) mass is 888 g/mol. The van der Waals surface area contributed by atoms with Crippen molar-refractivity contribution in [1.82, 2.24) is 9.55 Å². The molecule has 5 heteroatoms. The quantitative estimate of drug-likeness (QED) is 0.160. The second kappa shape index (κ2) is 16.6. The zero-order chi connectivity index (χ0) is 50.3. The fourth-order valence-corrected chi connectivity index (χ4v) is 9.27. The van der Waals surface area contributed by atoms with Crippen molar-refractivity contribution in [2.45, 2.75) is 119 Å². The van der Waals surface area contributed by atoms with Gasteiger partial charge in [0.2, 0.25) is 0 Å². The maximum Gasteiger partial charge on any atom is 0.138 e. The number of rotatable bonds is 7. The number of hydrogen-bond acceptors (Lipinski definition) is 4. The summed E-state index contributed by atoms with van der Waals surface area (Å²) in [5, 5.41) is 2.15. The summed E-state index contributed by atoms with van der Waals surface area (Å²) in [4.78, 5) is 9.75. The standard InChI is InChI=1S/C62H68N4O/c1-40-28-44(59(3,4)5)29-41(2)58(40)43-26-27-63-57(30-43)66-54-23-19-18-22-52(54)53-25-24-50(37-55(53)66)67-51-35-47(62(12,13)14)32-48(36-51)64-38-56(42-20-16-15-17-21-42)65(39-64)49-33-45(60(6,7)8)31-46(34-49)61(9,10)11/h15-38H,39H2,1-14H3/i1D3. The Balaban J connectivity index is 1.14. The number of pyridine rings is 1. The molecule has 0 saturated heterocycles. The molecule has 0 aliphatic carbocycles. The van der Waals surface area contributed by atoms with Crippen molar-refractivity contribution in [3.63, 3.8) is 0 Å². The maximum absolute atomic E-state index is 8.63. The van der Waals surface area contributed by atoms with E-state index in [1.807, 2.05) is 31.2 Å². The van der Waals surface area contributed by atoms with E-state index in [1.54, 1.807) is 6.20 Å². The van der Waals surface area contributed by atoms with E-state index in [1.165, 1.54) is 16.8 Å². The predicted molar refractivity (Wildman–Crippen MR) is 285 cm³/mol. The second-order valence-corrected chi connectivity index (χ2v) is 22.7. The van der Waals surface area contributed by atoms with Crippen LogP contribution >= 0.6 is 0 Å². The maximum atomic E-state index is 8.63. The van der Waals surface area contributed by atoms with E-state index in [0.29, 0.717) is 23.8 Å². The highest BCUT2D eigenvalue weighted by Crippen LogP contribution is 2.43. The molecule has 0 atom stereocenters. The van der Waals surface area contributed by atoms with Gasteiger partial charge < -0.3 is 14.5 Å². The van der Waals surface area contributed by atoms with Gasteiger partial charge in [-0.25, -0.2) is 4.98 Å². The number of para-hydroxylation sites is 1. The van der Waals surface area contributed by atoms with Crippen LogP contribution in [0.15, 0.2) is 146 Å². The van der Waals surface area contributed by atoms with E-state index >= 15 is 0 Å². The van der Waals surface area contributed by atoms with Crippen LogP contribution in [0.1, 0.15) is 126 Å². The Bertz CT molecular complexity index is 3280. The van der Waals surface area contributed by atoms with Crippen molar-refractivity contribution >= 4 is 38.9 Å². The molecule has 1 aliphatic heterocycles. The Kier molecular flexibility index (Phi) is 10.4. The summed E-state index contributed by atoms with van der Waals surface area (Å²) < 4.78 is 35.0. The van der Waals surface area contributed by atoms with E-state index in [2.05, 4.69) is 213 Å². The molecular weight excluding hydrogens is 817 g/mol. The fourth-order valence-electron chi connectivity index (χ4n) is 9.27. The zero-order valence-electron chi connectivity index (χ0n) is 44.8. The highest BCUT2D eigenvalue weighted by Gasteiger charge is 2.30. The van der Waals surface area contributed by atoms with Crippen molar-refractivity contribution in [1.29, 1.82) is 0 Å². The van der Waals surface area contributed by atoms with Gasteiger partial charge in [0.05, 0.1) is 23.4 Å². The minimum Gasteiger partial charge on any atom is -0.457 e. The molecule has 8 aromatic rings. The second-order valence-electron chi connectivity index (χ2n) is 22.7. The lowest BCUT2D eigenvalue weighted by atomic mass is 9.80. The highest BCUT2D eigenvalue weighted by molar-refractivity contribution is 6.09. The third kappa shape index (κ3) is 9.01. The molecule has 0 unspecified atom stereocenters. The first-order chi connectivity index (χ1) is 32.7. The molecule has 0 fully saturated rings. The lowest BCUT2D eigenvalue weighted by molar-refractivity contribution is 0.479. The van der Waals surface area contributed by atoms with Crippen LogP contribution in [0.25, 0.3) is 44.4 Å². The Morgan fingerprint density at radius 3 is 1.79 bits per heavy atom. The summed E-state index contributed by atoms with van der Waals surface area (Å²) in [7, 11) is 0. The lowest BCUT2D eigenvalue weighted by Gasteiger charge is -2.31. The molecule has 9 rings (SSSR count). The van der Waals surface area contributed by atoms with Gasteiger partial charge in [-0.2, -0.15) is 0 Å². The molecule has 6 aromatic carbocycles. The molecule has 0 saturated carbocycles. The van der Waals surface area contributed by atoms with E-state index in [-0.39, 0.29) is 21.7 Å². The number of anilines is 2. The molecule has 0 spiro atoms. The van der Waals surface area contributed by atoms with Crippen LogP contribution in [0, 0.1) is 13.8 Å². The summed E-state index contributed by atoms with van der Waals surface area (Å²) in [5.41, 5.74) is 13.6. The SMILES string of the molecule is [2H]C([2H])([2H])c1cc(C(C)(C)C)cc(C)c1-c1ccnc(-n2c3ccccc3c3ccc(Oc4cc(N5C=C(c6ccccc6)N(c6cc(C(C)(C)C)cc(C(C)(C)C)c6)C5)cc(C(C)(C)C)c4)cc32)c1. The summed E-state index contributed by atoms with van der Waals surface area (Å²) in [6, 6.07) is 47.0. The van der Waals surface area contributed by atoms with Crippen LogP contribution in [-0.2, 0) is 21.7 Å². The summed E-state index contributed by atoms with van der Waals surface area (Å²) in [6.45, 7) is 27.2. The van der Waals surface area contributed by atoms with Crippen LogP contribution < -0.4 is 14.5 Å². The topological polar surface area (TPSA) is 33.5 Å². The number of aryl methyl sites for hydroxylation is 2. The highest BCUT2D eigenvalue weighted by atomic mass is 16.5. The average Bonchev–Trinajstić information content (AvgIpc) is 3.88.